The van der Waals surface area contributed by atoms with Gasteiger partial charge in [-0.3, -0.25) is 0 Å². The van der Waals surface area contributed by atoms with Crippen LogP contribution in [0.5, 0.6) is 0 Å². The van der Waals surface area contributed by atoms with E-state index in [0.29, 0.717) is 0 Å². The number of hydrogen-bond acceptors (Lipinski definition) is 0. The minimum absolute atomic E-state index is 1.06. The zero-order valence-electron chi connectivity index (χ0n) is 6.56. The van der Waals surface area contributed by atoms with E-state index in [4.69, 9.17) is 0 Å². The highest BCUT2D eigenvalue weighted by Gasteiger charge is 2.00. The van der Waals surface area contributed by atoms with Gasteiger partial charge in [-0.2, -0.15) is 0 Å². The van der Waals surface area contributed by atoms with Crippen LogP contribution in [0.15, 0.2) is 36.0 Å². The van der Waals surface area contributed by atoms with E-state index in [-0.39, 0.29) is 0 Å². The van der Waals surface area contributed by atoms with E-state index in [1.54, 1.807) is 0 Å². The Labute approximate surface area is 62.9 Å². The fraction of sp³-hybridized carbons (Fsp3) is 0.400. The third kappa shape index (κ3) is 1.87. The molecule has 0 fully saturated rings. The largest absolute Gasteiger partial charge is 0.103 e. The van der Waals surface area contributed by atoms with Crippen LogP contribution in [0.25, 0.3) is 0 Å². The van der Waals surface area contributed by atoms with Gasteiger partial charge in [0.25, 0.3) is 0 Å². The fourth-order valence-corrected chi connectivity index (χ4v) is 1.27. The van der Waals surface area contributed by atoms with Gasteiger partial charge in [0.05, 0.1) is 0 Å². The lowest BCUT2D eigenvalue weighted by atomic mass is 9.97. The highest BCUT2D eigenvalue weighted by atomic mass is 14.1. The molecule has 0 atom stereocenters. The standard InChI is InChI=1S/C10H14/c1-3-5-10-7-4-6-9(2)8-10/h3,6-7H,1,4-5,8H2,2H3. The SMILES string of the molecule is C=CCC1=CCC=C(C)C1. The molecular formula is C10H14. The molecule has 0 bridgehead atoms. The lowest BCUT2D eigenvalue weighted by Gasteiger charge is -2.09. The van der Waals surface area contributed by atoms with Crippen LogP contribution in [0, 0.1) is 0 Å². The first-order chi connectivity index (χ1) is 4.83. The van der Waals surface area contributed by atoms with Gasteiger partial charge >= 0.3 is 0 Å². The van der Waals surface area contributed by atoms with E-state index >= 15 is 0 Å². The van der Waals surface area contributed by atoms with Crippen molar-refractivity contribution in [3.8, 4) is 0 Å². The van der Waals surface area contributed by atoms with Crippen molar-refractivity contribution >= 4 is 0 Å². The molecule has 1 aliphatic carbocycles. The third-order valence-electron chi connectivity index (χ3n) is 1.79. The van der Waals surface area contributed by atoms with Crippen LogP contribution in [0.3, 0.4) is 0 Å². The number of hydrogen-bond donors (Lipinski definition) is 0. The van der Waals surface area contributed by atoms with Crippen molar-refractivity contribution < 1.29 is 0 Å². The van der Waals surface area contributed by atoms with Crippen LogP contribution >= 0.6 is 0 Å². The predicted molar refractivity (Wildman–Crippen MR) is 45.9 cm³/mol. The summed E-state index contributed by atoms with van der Waals surface area (Å²) in [6.07, 6.45) is 9.90. The van der Waals surface area contributed by atoms with E-state index in [1.165, 1.54) is 11.1 Å². The Morgan fingerprint density at radius 3 is 3.00 bits per heavy atom. The normalized spacial score (nSPS) is 17.7. The minimum Gasteiger partial charge on any atom is -0.103 e. The quantitative estimate of drug-likeness (QED) is 0.509. The molecule has 0 radical (unpaired) electrons. The van der Waals surface area contributed by atoms with Crippen LogP contribution in [-0.4, -0.2) is 0 Å². The number of rotatable bonds is 2. The van der Waals surface area contributed by atoms with Gasteiger partial charge in [-0.1, -0.05) is 29.4 Å². The summed E-state index contributed by atoms with van der Waals surface area (Å²) >= 11 is 0. The molecule has 0 amide bonds. The molecule has 1 rings (SSSR count). The summed E-state index contributed by atoms with van der Waals surface area (Å²) < 4.78 is 0. The average molecular weight is 134 g/mol. The zero-order chi connectivity index (χ0) is 7.40. The summed E-state index contributed by atoms with van der Waals surface area (Å²) in [5.41, 5.74) is 3.02. The van der Waals surface area contributed by atoms with E-state index in [1.807, 2.05) is 6.08 Å². The lowest BCUT2D eigenvalue weighted by Crippen LogP contribution is -1.89. The molecule has 0 heterocycles. The van der Waals surface area contributed by atoms with Gasteiger partial charge in [0.2, 0.25) is 0 Å². The topological polar surface area (TPSA) is 0 Å². The molecular weight excluding hydrogens is 120 g/mol. The second kappa shape index (κ2) is 3.40. The Kier molecular flexibility index (Phi) is 2.49. The van der Waals surface area contributed by atoms with E-state index in [9.17, 15) is 0 Å². The summed E-state index contributed by atoms with van der Waals surface area (Å²) in [6.45, 7) is 5.91. The molecule has 0 aromatic heterocycles. The highest BCUT2D eigenvalue weighted by Crippen LogP contribution is 2.20. The summed E-state index contributed by atoms with van der Waals surface area (Å²) in [6, 6.07) is 0. The van der Waals surface area contributed by atoms with Gasteiger partial charge in [0, 0.05) is 0 Å². The molecule has 10 heavy (non-hydrogen) atoms. The Morgan fingerprint density at radius 1 is 1.60 bits per heavy atom. The van der Waals surface area contributed by atoms with Gasteiger partial charge in [-0.25, -0.2) is 0 Å². The minimum atomic E-state index is 1.06. The van der Waals surface area contributed by atoms with Crippen molar-refractivity contribution in [2.45, 2.75) is 26.2 Å². The molecule has 0 aromatic carbocycles. The molecule has 0 nitrogen and oxygen atoms in total. The molecule has 0 N–H and O–H groups in total. The Morgan fingerprint density at radius 2 is 2.40 bits per heavy atom. The van der Waals surface area contributed by atoms with Gasteiger partial charge < -0.3 is 0 Å². The Bertz CT molecular complexity index is 182. The van der Waals surface area contributed by atoms with Crippen LogP contribution < -0.4 is 0 Å². The molecule has 0 spiro atoms. The maximum absolute atomic E-state index is 3.72. The van der Waals surface area contributed by atoms with E-state index in [0.717, 1.165) is 19.3 Å². The second-order valence-corrected chi connectivity index (χ2v) is 2.82. The molecule has 0 saturated carbocycles. The first-order valence-corrected chi connectivity index (χ1v) is 3.77. The fourth-order valence-electron chi connectivity index (χ4n) is 1.27. The van der Waals surface area contributed by atoms with Crippen molar-refractivity contribution in [3.63, 3.8) is 0 Å². The first kappa shape index (κ1) is 7.33. The van der Waals surface area contributed by atoms with Gasteiger partial charge in [-0.15, -0.1) is 6.58 Å². The summed E-state index contributed by atoms with van der Waals surface area (Å²) in [5.74, 6) is 0. The van der Waals surface area contributed by atoms with Crippen molar-refractivity contribution in [1.29, 1.82) is 0 Å². The average Bonchev–Trinajstić information content (AvgIpc) is 1.88. The van der Waals surface area contributed by atoms with Crippen molar-refractivity contribution in [1.82, 2.24) is 0 Å². The molecule has 0 unspecified atom stereocenters. The van der Waals surface area contributed by atoms with Crippen molar-refractivity contribution in [2.75, 3.05) is 0 Å². The van der Waals surface area contributed by atoms with Crippen molar-refractivity contribution in [2.24, 2.45) is 0 Å². The first-order valence-electron chi connectivity index (χ1n) is 3.77. The third-order valence-corrected chi connectivity index (χ3v) is 1.79. The van der Waals surface area contributed by atoms with Crippen LogP contribution in [0.1, 0.15) is 26.2 Å². The van der Waals surface area contributed by atoms with Crippen molar-refractivity contribution in [3.05, 3.63) is 36.0 Å². The molecule has 0 aliphatic heterocycles. The molecule has 0 saturated heterocycles. The van der Waals surface area contributed by atoms with Gasteiger partial charge in [0.1, 0.15) is 0 Å². The molecule has 0 heteroatoms. The van der Waals surface area contributed by atoms with E-state index < -0.39 is 0 Å². The predicted octanol–water partition coefficient (Wildman–Crippen LogP) is 3.23. The van der Waals surface area contributed by atoms with Crippen LogP contribution in [0.4, 0.5) is 0 Å². The maximum atomic E-state index is 3.72. The molecule has 54 valence electrons. The summed E-state index contributed by atoms with van der Waals surface area (Å²) in [5, 5.41) is 0. The summed E-state index contributed by atoms with van der Waals surface area (Å²) in [7, 11) is 0. The highest BCUT2D eigenvalue weighted by molar-refractivity contribution is 5.22. The Hall–Kier alpha value is -0.780. The summed E-state index contributed by atoms with van der Waals surface area (Å²) in [4.78, 5) is 0. The zero-order valence-corrected chi connectivity index (χ0v) is 6.56. The number of allylic oxidation sites excluding steroid dienone is 5. The monoisotopic (exact) mass is 134 g/mol. The van der Waals surface area contributed by atoms with Crippen LogP contribution in [-0.2, 0) is 0 Å². The molecule has 0 aromatic rings. The lowest BCUT2D eigenvalue weighted by molar-refractivity contribution is 0.986. The van der Waals surface area contributed by atoms with Gasteiger partial charge in [-0.05, 0) is 26.2 Å². The smallest absolute Gasteiger partial charge is 0.0108 e. The maximum Gasteiger partial charge on any atom is -0.0108 e. The second-order valence-electron chi connectivity index (χ2n) is 2.82. The Balaban J connectivity index is 2.48. The van der Waals surface area contributed by atoms with E-state index in [2.05, 4.69) is 25.7 Å². The molecule has 1 aliphatic rings. The van der Waals surface area contributed by atoms with Gasteiger partial charge in [0.15, 0.2) is 0 Å². The van der Waals surface area contributed by atoms with Crippen LogP contribution in [0.2, 0.25) is 0 Å².